The van der Waals surface area contributed by atoms with Crippen LogP contribution in [0.2, 0.25) is 0 Å². The van der Waals surface area contributed by atoms with Crippen molar-refractivity contribution in [3.63, 3.8) is 0 Å². The topological polar surface area (TPSA) is 116 Å². The van der Waals surface area contributed by atoms with Gasteiger partial charge in [-0.05, 0) is 12.1 Å². The third-order valence-electron chi connectivity index (χ3n) is 2.00. The summed E-state index contributed by atoms with van der Waals surface area (Å²) in [6, 6.07) is 2.39. The Kier molecular flexibility index (Phi) is 2.20. The molecule has 0 aliphatic rings. The molecule has 3 amide bonds. The van der Waals surface area contributed by atoms with Gasteiger partial charge in [0.1, 0.15) is 5.65 Å². The Bertz CT molecular complexity index is 574. The third kappa shape index (κ3) is 1.78. The second-order valence-corrected chi connectivity index (χ2v) is 3.16. The van der Waals surface area contributed by atoms with E-state index < -0.39 is 11.9 Å². The molecule has 0 saturated heterocycles. The number of anilines is 1. The second kappa shape index (κ2) is 3.54. The Hall–Kier alpha value is -2.57. The van der Waals surface area contributed by atoms with Crippen LogP contribution < -0.4 is 16.8 Å². The molecule has 0 aliphatic heterocycles. The number of primary amides is 2. The summed E-state index contributed by atoms with van der Waals surface area (Å²) in [6.45, 7) is 0. The summed E-state index contributed by atoms with van der Waals surface area (Å²) in [4.78, 5) is 25.6. The van der Waals surface area contributed by atoms with Crippen molar-refractivity contribution < 1.29 is 9.59 Å². The Labute approximate surface area is 90.1 Å². The van der Waals surface area contributed by atoms with Crippen LogP contribution in [0.5, 0.6) is 0 Å². The molecule has 16 heavy (non-hydrogen) atoms. The molecule has 0 saturated carbocycles. The Morgan fingerprint density at radius 1 is 1.38 bits per heavy atom. The maximum Gasteiger partial charge on any atom is 0.317 e. The molecule has 2 heterocycles. The molecule has 7 nitrogen and oxygen atoms in total. The molecular formula is C9H9N5O2. The molecule has 2 aromatic heterocycles. The molecule has 0 aromatic carbocycles. The van der Waals surface area contributed by atoms with E-state index >= 15 is 0 Å². The first-order valence-electron chi connectivity index (χ1n) is 4.41. The van der Waals surface area contributed by atoms with E-state index in [1.165, 1.54) is 6.07 Å². The number of imidazole rings is 1. The first kappa shape index (κ1) is 9.97. The van der Waals surface area contributed by atoms with Gasteiger partial charge in [-0.1, -0.05) is 0 Å². The van der Waals surface area contributed by atoms with Crippen LogP contribution in [0.4, 0.5) is 10.6 Å². The Morgan fingerprint density at radius 2 is 2.12 bits per heavy atom. The number of amides is 3. The fraction of sp³-hybridized carbons (Fsp3) is 0. The molecule has 0 atom stereocenters. The number of fused-ring (bicyclic) bond motifs is 1. The highest BCUT2D eigenvalue weighted by Gasteiger charge is 2.06. The van der Waals surface area contributed by atoms with Gasteiger partial charge in [-0.25, -0.2) is 9.78 Å². The Balaban J connectivity index is 2.45. The normalized spacial score (nSPS) is 10.2. The van der Waals surface area contributed by atoms with Gasteiger partial charge in [0, 0.05) is 11.8 Å². The maximum atomic E-state index is 10.9. The van der Waals surface area contributed by atoms with E-state index in [0.29, 0.717) is 17.0 Å². The fourth-order valence-electron chi connectivity index (χ4n) is 1.32. The van der Waals surface area contributed by atoms with E-state index in [2.05, 4.69) is 10.3 Å². The molecular weight excluding hydrogens is 210 g/mol. The zero-order chi connectivity index (χ0) is 11.7. The Morgan fingerprint density at radius 3 is 2.75 bits per heavy atom. The smallest absolute Gasteiger partial charge is 0.317 e. The molecule has 2 aromatic rings. The molecule has 82 valence electrons. The van der Waals surface area contributed by atoms with Gasteiger partial charge in [0.25, 0.3) is 0 Å². The predicted octanol–water partition coefficient (Wildman–Crippen LogP) is -0.0762. The van der Waals surface area contributed by atoms with Crippen LogP contribution in [0, 0.1) is 0 Å². The van der Waals surface area contributed by atoms with Gasteiger partial charge in [-0.3, -0.25) is 10.1 Å². The lowest BCUT2D eigenvalue weighted by Gasteiger charge is -1.95. The van der Waals surface area contributed by atoms with Crippen LogP contribution >= 0.6 is 0 Å². The zero-order valence-electron chi connectivity index (χ0n) is 8.18. The fourth-order valence-corrected chi connectivity index (χ4v) is 1.32. The summed E-state index contributed by atoms with van der Waals surface area (Å²) in [6.07, 6.45) is 3.19. The molecule has 7 heteroatoms. The van der Waals surface area contributed by atoms with E-state index in [1.54, 1.807) is 22.9 Å². The van der Waals surface area contributed by atoms with Crippen LogP contribution in [0.3, 0.4) is 0 Å². The van der Waals surface area contributed by atoms with Crippen LogP contribution in [0.25, 0.3) is 5.65 Å². The van der Waals surface area contributed by atoms with Gasteiger partial charge < -0.3 is 15.9 Å². The van der Waals surface area contributed by atoms with Gasteiger partial charge in [0.15, 0.2) is 5.82 Å². The van der Waals surface area contributed by atoms with Crippen molar-refractivity contribution in [3.8, 4) is 0 Å². The summed E-state index contributed by atoms with van der Waals surface area (Å²) in [5.41, 5.74) is 10.9. The lowest BCUT2D eigenvalue weighted by atomic mass is 10.2. The molecule has 5 N–H and O–H groups in total. The lowest BCUT2D eigenvalue weighted by Crippen LogP contribution is -2.19. The summed E-state index contributed by atoms with van der Waals surface area (Å²) in [5, 5.41) is 2.33. The minimum Gasteiger partial charge on any atom is -0.366 e. The van der Waals surface area contributed by atoms with Gasteiger partial charge in [0.05, 0.1) is 6.20 Å². The SMILES string of the molecule is NC(=O)Nc1cn2ccc(C(N)=O)cc2n1. The van der Waals surface area contributed by atoms with Crippen molar-refractivity contribution in [2.45, 2.75) is 0 Å². The number of aromatic nitrogens is 2. The number of pyridine rings is 1. The minimum atomic E-state index is -0.696. The van der Waals surface area contributed by atoms with E-state index in [0.717, 1.165) is 0 Å². The first-order valence-corrected chi connectivity index (χ1v) is 4.41. The largest absolute Gasteiger partial charge is 0.366 e. The van der Waals surface area contributed by atoms with Crippen molar-refractivity contribution >= 4 is 23.4 Å². The second-order valence-electron chi connectivity index (χ2n) is 3.16. The summed E-state index contributed by atoms with van der Waals surface area (Å²) in [5.74, 6) is -0.218. The highest BCUT2D eigenvalue weighted by atomic mass is 16.2. The van der Waals surface area contributed by atoms with E-state index in [9.17, 15) is 9.59 Å². The quantitative estimate of drug-likeness (QED) is 0.656. The van der Waals surface area contributed by atoms with Crippen molar-refractivity contribution in [1.82, 2.24) is 9.38 Å². The predicted molar refractivity (Wildman–Crippen MR) is 56.9 cm³/mol. The van der Waals surface area contributed by atoms with E-state index in [4.69, 9.17) is 11.5 Å². The summed E-state index contributed by atoms with van der Waals surface area (Å²) < 4.78 is 1.64. The molecule has 0 bridgehead atoms. The number of nitrogens with one attached hydrogen (secondary N) is 1. The standard InChI is InChI=1S/C9H9N5O2/c10-8(15)5-1-2-14-4-6(13-9(11)16)12-7(14)3-5/h1-4H,(H2,10,15)(H3,11,13,16). The highest BCUT2D eigenvalue weighted by molar-refractivity contribution is 5.93. The van der Waals surface area contributed by atoms with Crippen molar-refractivity contribution in [1.29, 1.82) is 0 Å². The average Bonchev–Trinajstić information content (AvgIpc) is 2.56. The van der Waals surface area contributed by atoms with Crippen LogP contribution in [-0.4, -0.2) is 21.3 Å². The third-order valence-corrected chi connectivity index (χ3v) is 2.00. The van der Waals surface area contributed by atoms with Crippen molar-refractivity contribution in [2.75, 3.05) is 5.32 Å². The maximum absolute atomic E-state index is 10.9. The molecule has 0 unspecified atom stereocenters. The monoisotopic (exact) mass is 219 g/mol. The number of hydrogen-bond donors (Lipinski definition) is 3. The molecule has 0 radical (unpaired) electrons. The zero-order valence-corrected chi connectivity index (χ0v) is 8.18. The van der Waals surface area contributed by atoms with Crippen molar-refractivity contribution in [2.24, 2.45) is 11.5 Å². The number of nitrogens with two attached hydrogens (primary N) is 2. The van der Waals surface area contributed by atoms with Gasteiger partial charge in [-0.15, -0.1) is 0 Å². The number of carbonyl (C=O) groups is 2. The molecule has 2 rings (SSSR count). The first-order chi connectivity index (χ1) is 7.56. The van der Waals surface area contributed by atoms with E-state index in [-0.39, 0.29) is 0 Å². The highest BCUT2D eigenvalue weighted by Crippen LogP contribution is 2.11. The van der Waals surface area contributed by atoms with Gasteiger partial charge in [-0.2, -0.15) is 0 Å². The molecule has 0 aliphatic carbocycles. The number of urea groups is 1. The summed E-state index contributed by atoms with van der Waals surface area (Å²) >= 11 is 0. The van der Waals surface area contributed by atoms with Crippen LogP contribution in [-0.2, 0) is 0 Å². The van der Waals surface area contributed by atoms with Gasteiger partial charge >= 0.3 is 6.03 Å². The van der Waals surface area contributed by atoms with Gasteiger partial charge in [0.2, 0.25) is 5.91 Å². The molecule has 0 fully saturated rings. The lowest BCUT2D eigenvalue weighted by molar-refractivity contribution is 0.1000. The molecule has 0 spiro atoms. The number of carbonyl (C=O) groups excluding carboxylic acids is 2. The summed E-state index contributed by atoms with van der Waals surface area (Å²) in [7, 11) is 0. The number of hydrogen-bond acceptors (Lipinski definition) is 3. The van der Waals surface area contributed by atoms with Crippen LogP contribution in [0.1, 0.15) is 10.4 Å². The van der Waals surface area contributed by atoms with Crippen molar-refractivity contribution in [3.05, 3.63) is 30.1 Å². The van der Waals surface area contributed by atoms with Crippen LogP contribution in [0.15, 0.2) is 24.5 Å². The average molecular weight is 219 g/mol. The number of nitrogens with zero attached hydrogens (tertiary/aromatic N) is 2. The van der Waals surface area contributed by atoms with E-state index in [1.807, 2.05) is 0 Å². The number of rotatable bonds is 2. The minimum absolute atomic E-state index is 0.314.